The van der Waals surface area contributed by atoms with Gasteiger partial charge in [0.25, 0.3) is 5.91 Å². The van der Waals surface area contributed by atoms with Crippen LogP contribution in [-0.4, -0.2) is 18.7 Å². The first-order valence-electron chi connectivity index (χ1n) is 6.30. The molecule has 1 N–H and O–H groups in total. The zero-order chi connectivity index (χ0) is 14.2. The van der Waals surface area contributed by atoms with E-state index in [9.17, 15) is 4.79 Å². The number of nitrogens with zero attached hydrogens (tertiary/aromatic N) is 1. The Morgan fingerprint density at radius 2 is 1.85 bits per heavy atom. The first-order valence-corrected chi connectivity index (χ1v) is 6.30. The number of carbonyl (C=O) groups excluding carboxylic acids is 1. The van der Waals surface area contributed by atoms with Crippen molar-refractivity contribution in [2.24, 2.45) is 5.10 Å². The third-order valence-electron chi connectivity index (χ3n) is 2.59. The van der Waals surface area contributed by atoms with E-state index in [1.165, 1.54) is 0 Å². The van der Waals surface area contributed by atoms with Crippen LogP contribution < -0.4 is 10.2 Å². The molecule has 0 aromatic heterocycles. The Kier molecular flexibility index (Phi) is 4.89. The van der Waals surface area contributed by atoms with Gasteiger partial charge in [0.2, 0.25) is 0 Å². The number of hydrogen-bond acceptors (Lipinski definition) is 3. The summed E-state index contributed by atoms with van der Waals surface area (Å²) in [6.07, 6.45) is 1.59. The van der Waals surface area contributed by atoms with Crippen molar-refractivity contribution in [1.29, 1.82) is 0 Å². The number of rotatable bonds is 5. The summed E-state index contributed by atoms with van der Waals surface area (Å²) >= 11 is 0. The fourth-order valence-corrected chi connectivity index (χ4v) is 1.53. The number of amides is 1. The van der Waals surface area contributed by atoms with Gasteiger partial charge in [0.05, 0.1) is 6.21 Å². The Morgan fingerprint density at radius 3 is 2.55 bits per heavy atom. The lowest BCUT2D eigenvalue weighted by molar-refractivity contribution is -0.123. The van der Waals surface area contributed by atoms with Crippen LogP contribution in [0.15, 0.2) is 59.7 Å². The van der Waals surface area contributed by atoms with Crippen molar-refractivity contribution in [3.05, 3.63) is 65.7 Å². The minimum absolute atomic E-state index is 0.0603. The highest BCUT2D eigenvalue weighted by Crippen LogP contribution is 2.10. The lowest BCUT2D eigenvalue weighted by atomic mass is 10.2. The van der Waals surface area contributed by atoms with Gasteiger partial charge in [-0.05, 0) is 24.6 Å². The molecule has 0 aliphatic rings. The van der Waals surface area contributed by atoms with E-state index in [2.05, 4.69) is 10.5 Å². The van der Waals surface area contributed by atoms with Crippen molar-refractivity contribution in [2.75, 3.05) is 6.61 Å². The summed E-state index contributed by atoms with van der Waals surface area (Å²) in [7, 11) is 0. The van der Waals surface area contributed by atoms with Gasteiger partial charge in [-0.2, -0.15) is 5.10 Å². The van der Waals surface area contributed by atoms with Crippen LogP contribution in [0, 0.1) is 6.92 Å². The largest absolute Gasteiger partial charge is 0.484 e. The maximum Gasteiger partial charge on any atom is 0.277 e. The van der Waals surface area contributed by atoms with Gasteiger partial charge >= 0.3 is 0 Å². The third-order valence-corrected chi connectivity index (χ3v) is 2.59. The van der Waals surface area contributed by atoms with E-state index in [-0.39, 0.29) is 12.5 Å². The summed E-state index contributed by atoms with van der Waals surface area (Å²) < 4.78 is 5.34. The maximum atomic E-state index is 11.5. The first-order chi connectivity index (χ1) is 9.74. The van der Waals surface area contributed by atoms with Gasteiger partial charge in [-0.3, -0.25) is 4.79 Å². The normalized spacial score (nSPS) is 10.4. The topological polar surface area (TPSA) is 50.7 Å². The molecule has 1 amide bonds. The number of benzene rings is 2. The molecule has 0 fully saturated rings. The predicted molar refractivity (Wildman–Crippen MR) is 78.9 cm³/mol. The molecule has 2 rings (SSSR count). The maximum absolute atomic E-state index is 11.5. The second-order valence-electron chi connectivity index (χ2n) is 4.31. The van der Waals surface area contributed by atoms with Crippen LogP contribution in [0.25, 0.3) is 0 Å². The van der Waals surface area contributed by atoms with Crippen molar-refractivity contribution in [3.8, 4) is 5.75 Å². The highest BCUT2D eigenvalue weighted by Gasteiger charge is 2.00. The molecule has 0 unspecified atom stereocenters. The van der Waals surface area contributed by atoms with Crippen molar-refractivity contribution >= 4 is 12.1 Å². The molecule has 0 aliphatic heterocycles. The van der Waals surface area contributed by atoms with Crippen molar-refractivity contribution in [2.45, 2.75) is 6.92 Å². The number of carbonyl (C=O) groups is 1. The van der Waals surface area contributed by atoms with Crippen LogP contribution in [0.1, 0.15) is 11.1 Å². The zero-order valence-corrected chi connectivity index (χ0v) is 11.2. The van der Waals surface area contributed by atoms with E-state index < -0.39 is 0 Å². The van der Waals surface area contributed by atoms with E-state index in [4.69, 9.17) is 4.74 Å². The Bertz CT molecular complexity index is 577. The SMILES string of the molecule is Cc1ccc(OCC(=O)N/N=C/c2ccccc2)cc1. The molecule has 0 radical (unpaired) electrons. The van der Waals surface area contributed by atoms with Crippen molar-refractivity contribution in [3.63, 3.8) is 0 Å². The van der Waals surface area contributed by atoms with Gasteiger partial charge in [-0.25, -0.2) is 5.43 Å². The number of aryl methyl sites for hydroxylation is 1. The molecule has 0 atom stereocenters. The molecule has 2 aromatic rings. The molecule has 102 valence electrons. The molecule has 0 bridgehead atoms. The first kappa shape index (κ1) is 13.8. The number of hydrazone groups is 1. The average molecular weight is 268 g/mol. The molecule has 2 aromatic carbocycles. The van der Waals surface area contributed by atoms with E-state index >= 15 is 0 Å². The Morgan fingerprint density at radius 1 is 1.15 bits per heavy atom. The smallest absolute Gasteiger partial charge is 0.277 e. The molecular weight excluding hydrogens is 252 g/mol. The predicted octanol–water partition coefficient (Wildman–Crippen LogP) is 2.52. The molecule has 0 saturated heterocycles. The van der Waals surface area contributed by atoms with Gasteiger partial charge < -0.3 is 4.74 Å². The lowest BCUT2D eigenvalue weighted by Crippen LogP contribution is -2.24. The Hall–Kier alpha value is -2.62. The Labute approximate surface area is 118 Å². The highest BCUT2D eigenvalue weighted by molar-refractivity contribution is 5.82. The summed E-state index contributed by atoms with van der Waals surface area (Å²) in [6.45, 7) is 1.93. The summed E-state index contributed by atoms with van der Waals surface area (Å²) in [4.78, 5) is 11.5. The van der Waals surface area contributed by atoms with E-state index in [0.717, 1.165) is 11.1 Å². The van der Waals surface area contributed by atoms with E-state index in [1.54, 1.807) is 6.21 Å². The van der Waals surface area contributed by atoms with Crippen LogP contribution in [0.3, 0.4) is 0 Å². The quantitative estimate of drug-likeness (QED) is 0.669. The van der Waals surface area contributed by atoms with Gasteiger partial charge in [0, 0.05) is 0 Å². The second-order valence-corrected chi connectivity index (χ2v) is 4.31. The molecule has 0 aliphatic carbocycles. The van der Waals surface area contributed by atoms with Gasteiger partial charge in [-0.15, -0.1) is 0 Å². The van der Waals surface area contributed by atoms with Gasteiger partial charge in [0.1, 0.15) is 5.75 Å². The Balaban J connectivity index is 1.76. The summed E-state index contributed by atoms with van der Waals surface area (Å²) in [5.41, 5.74) is 4.49. The number of ether oxygens (including phenoxy) is 1. The van der Waals surface area contributed by atoms with Crippen molar-refractivity contribution < 1.29 is 9.53 Å². The fourth-order valence-electron chi connectivity index (χ4n) is 1.53. The second kappa shape index (κ2) is 7.09. The minimum atomic E-state index is -0.294. The summed E-state index contributed by atoms with van der Waals surface area (Å²) in [6, 6.07) is 17.1. The third kappa shape index (κ3) is 4.57. The van der Waals surface area contributed by atoms with Crippen LogP contribution in [0.5, 0.6) is 5.75 Å². The molecule has 20 heavy (non-hydrogen) atoms. The lowest BCUT2D eigenvalue weighted by Gasteiger charge is -2.04. The van der Waals surface area contributed by atoms with Crippen molar-refractivity contribution in [1.82, 2.24) is 5.43 Å². The molecule has 4 heteroatoms. The molecular formula is C16H16N2O2. The molecule has 0 heterocycles. The van der Waals surface area contributed by atoms with Crippen LogP contribution in [-0.2, 0) is 4.79 Å². The van der Waals surface area contributed by atoms with Gasteiger partial charge in [0.15, 0.2) is 6.61 Å². The minimum Gasteiger partial charge on any atom is -0.484 e. The van der Waals surface area contributed by atoms with E-state index in [1.807, 2.05) is 61.5 Å². The van der Waals surface area contributed by atoms with Gasteiger partial charge in [-0.1, -0.05) is 48.0 Å². The van der Waals surface area contributed by atoms with E-state index in [0.29, 0.717) is 5.75 Å². The van der Waals surface area contributed by atoms with Crippen LogP contribution in [0.4, 0.5) is 0 Å². The fraction of sp³-hybridized carbons (Fsp3) is 0.125. The number of hydrogen-bond donors (Lipinski definition) is 1. The number of nitrogens with one attached hydrogen (secondary N) is 1. The molecule has 0 saturated carbocycles. The summed E-state index contributed by atoms with van der Waals surface area (Å²) in [5.74, 6) is 0.371. The van der Waals surface area contributed by atoms with Crippen LogP contribution >= 0.6 is 0 Å². The standard InChI is InChI=1S/C16H16N2O2/c1-13-7-9-15(10-8-13)20-12-16(19)18-17-11-14-5-3-2-4-6-14/h2-11H,12H2,1H3,(H,18,19)/b17-11+. The monoisotopic (exact) mass is 268 g/mol. The van der Waals surface area contributed by atoms with Crippen LogP contribution in [0.2, 0.25) is 0 Å². The average Bonchev–Trinajstić information content (AvgIpc) is 2.48. The zero-order valence-electron chi connectivity index (χ0n) is 11.2. The molecule has 0 spiro atoms. The highest BCUT2D eigenvalue weighted by atomic mass is 16.5. The molecule has 4 nitrogen and oxygen atoms in total. The summed E-state index contributed by atoms with van der Waals surface area (Å²) in [5, 5.41) is 3.86.